The highest BCUT2D eigenvalue weighted by Gasteiger charge is 2.01. The molecule has 1 nitrogen and oxygen atoms in total. The third-order valence-electron chi connectivity index (χ3n) is 2.76. The van der Waals surface area contributed by atoms with Gasteiger partial charge in [-0.15, -0.1) is 0 Å². The first-order valence-electron chi connectivity index (χ1n) is 5.44. The van der Waals surface area contributed by atoms with Gasteiger partial charge in [-0.3, -0.25) is 4.98 Å². The molecule has 0 saturated heterocycles. The zero-order valence-electron chi connectivity index (χ0n) is 9.10. The van der Waals surface area contributed by atoms with E-state index in [4.69, 9.17) is 0 Å². The van der Waals surface area contributed by atoms with Gasteiger partial charge in [-0.1, -0.05) is 24.3 Å². The minimum Gasteiger partial charge on any atom is -0.256 e. The fourth-order valence-electron chi connectivity index (χ4n) is 1.92. The molecule has 3 aromatic rings. The lowest BCUT2D eigenvalue weighted by molar-refractivity contribution is 0.628. The number of fused-ring (bicyclic) bond motifs is 1. The molecule has 0 spiro atoms. The Hall–Kier alpha value is -2.22. The van der Waals surface area contributed by atoms with Crippen molar-refractivity contribution in [1.29, 1.82) is 0 Å². The molecular weight excluding hydrogens is 213 g/mol. The number of hydrogen-bond donors (Lipinski definition) is 0. The van der Waals surface area contributed by atoms with Crippen LogP contribution < -0.4 is 0 Å². The molecule has 0 saturated carbocycles. The van der Waals surface area contributed by atoms with Crippen LogP contribution in [-0.2, 0) is 0 Å². The highest BCUT2D eigenvalue weighted by Crippen LogP contribution is 2.23. The first-order valence-corrected chi connectivity index (χ1v) is 5.44. The number of pyridine rings is 1. The third-order valence-corrected chi connectivity index (χ3v) is 2.76. The second-order valence-corrected chi connectivity index (χ2v) is 3.92. The third kappa shape index (κ3) is 1.89. The van der Waals surface area contributed by atoms with Gasteiger partial charge in [0.2, 0.25) is 0 Å². The molecule has 2 aromatic carbocycles. The maximum atomic E-state index is 13.2. The van der Waals surface area contributed by atoms with Crippen LogP contribution in [0.3, 0.4) is 0 Å². The van der Waals surface area contributed by atoms with E-state index in [-0.39, 0.29) is 5.82 Å². The summed E-state index contributed by atoms with van der Waals surface area (Å²) in [6, 6.07) is 16.5. The normalized spacial score (nSPS) is 10.6. The van der Waals surface area contributed by atoms with Crippen LogP contribution >= 0.6 is 0 Å². The van der Waals surface area contributed by atoms with Gasteiger partial charge in [0.05, 0.1) is 5.52 Å². The van der Waals surface area contributed by atoms with Crippen molar-refractivity contribution in [1.82, 2.24) is 4.98 Å². The van der Waals surface area contributed by atoms with Gasteiger partial charge in [0.1, 0.15) is 5.82 Å². The molecule has 3 rings (SSSR count). The second-order valence-electron chi connectivity index (χ2n) is 3.92. The van der Waals surface area contributed by atoms with Gasteiger partial charge in [-0.05, 0) is 41.5 Å². The summed E-state index contributed by atoms with van der Waals surface area (Å²) in [5, 5.41) is 1.06. The van der Waals surface area contributed by atoms with Gasteiger partial charge in [0.15, 0.2) is 0 Å². The molecule has 0 aliphatic rings. The second kappa shape index (κ2) is 3.98. The Balaban J connectivity index is 2.18. The molecule has 0 amide bonds. The zero-order valence-corrected chi connectivity index (χ0v) is 9.10. The summed E-state index contributed by atoms with van der Waals surface area (Å²) in [5.41, 5.74) is 2.84. The van der Waals surface area contributed by atoms with E-state index < -0.39 is 0 Å². The lowest BCUT2D eigenvalue weighted by Crippen LogP contribution is -1.82. The number of aromatic nitrogens is 1. The SMILES string of the molecule is Fc1cccc(-c2ccc3ncccc3c2)c1. The largest absolute Gasteiger partial charge is 0.256 e. The Labute approximate surface area is 98.6 Å². The Morgan fingerprint density at radius 1 is 0.824 bits per heavy atom. The fourth-order valence-corrected chi connectivity index (χ4v) is 1.92. The van der Waals surface area contributed by atoms with Gasteiger partial charge in [-0.25, -0.2) is 4.39 Å². The molecule has 0 fully saturated rings. The van der Waals surface area contributed by atoms with Gasteiger partial charge in [-0.2, -0.15) is 0 Å². The van der Waals surface area contributed by atoms with Crippen LogP contribution in [0.4, 0.5) is 4.39 Å². The van der Waals surface area contributed by atoms with Crippen molar-refractivity contribution in [3.8, 4) is 11.1 Å². The fraction of sp³-hybridized carbons (Fsp3) is 0. The van der Waals surface area contributed by atoms with E-state index in [1.165, 1.54) is 12.1 Å². The average Bonchev–Trinajstić information content (AvgIpc) is 2.38. The molecule has 1 aromatic heterocycles. The summed E-state index contributed by atoms with van der Waals surface area (Å²) in [7, 11) is 0. The van der Waals surface area contributed by atoms with E-state index in [2.05, 4.69) is 4.98 Å². The maximum absolute atomic E-state index is 13.2. The molecule has 82 valence electrons. The van der Waals surface area contributed by atoms with Crippen molar-refractivity contribution in [2.45, 2.75) is 0 Å². The van der Waals surface area contributed by atoms with E-state index >= 15 is 0 Å². The molecule has 2 heteroatoms. The van der Waals surface area contributed by atoms with Crippen LogP contribution in [0, 0.1) is 5.82 Å². The van der Waals surface area contributed by atoms with Crippen LogP contribution in [-0.4, -0.2) is 4.98 Å². The average molecular weight is 223 g/mol. The van der Waals surface area contributed by atoms with Crippen LogP contribution in [0.5, 0.6) is 0 Å². The van der Waals surface area contributed by atoms with Crippen molar-refractivity contribution in [3.05, 3.63) is 66.6 Å². The van der Waals surface area contributed by atoms with E-state index in [9.17, 15) is 4.39 Å². The highest BCUT2D eigenvalue weighted by atomic mass is 19.1. The minimum atomic E-state index is -0.214. The molecule has 0 aliphatic heterocycles. The molecule has 0 N–H and O–H groups in total. The van der Waals surface area contributed by atoms with Crippen LogP contribution in [0.25, 0.3) is 22.0 Å². The van der Waals surface area contributed by atoms with Crippen LogP contribution in [0.1, 0.15) is 0 Å². The molecule has 0 unspecified atom stereocenters. The van der Waals surface area contributed by atoms with Gasteiger partial charge >= 0.3 is 0 Å². The predicted octanol–water partition coefficient (Wildman–Crippen LogP) is 4.04. The molecule has 0 radical (unpaired) electrons. The molecule has 0 bridgehead atoms. The molecular formula is C15H10FN. The summed E-state index contributed by atoms with van der Waals surface area (Å²) < 4.78 is 13.2. The summed E-state index contributed by atoms with van der Waals surface area (Å²) in [6.07, 6.45) is 1.77. The van der Waals surface area contributed by atoms with Crippen LogP contribution in [0.15, 0.2) is 60.8 Å². The minimum absolute atomic E-state index is 0.214. The monoisotopic (exact) mass is 223 g/mol. The molecule has 0 atom stereocenters. The predicted molar refractivity (Wildman–Crippen MR) is 67.1 cm³/mol. The maximum Gasteiger partial charge on any atom is 0.123 e. The van der Waals surface area contributed by atoms with Crippen molar-refractivity contribution in [2.24, 2.45) is 0 Å². The summed E-state index contributed by atoms with van der Waals surface area (Å²) in [5.74, 6) is -0.214. The number of halogens is 1. The number of nitrogens with zero attached hydrogens (tertiary/aromatic N) is 1. The summed E-state index contributed by atoms with van der Waals surface area (Å²) >= 11 is 0. The first-order chi connectivity index (χ1) is 8.33. The highest BCUT2D eigenvalue weighted by molar-refractivity contribution is 5.84. The molecule has 1 heterocycles. The Bertz CT molecular complexity index is 676. The standard InChI is InChI=1S/C15H10FN/c16-14-5-1-3-11(10-14)12-6-7-15-13(9-12)4-2-8-17-15/h1-10H. The first kappa shape index (κ1) is 9.97. The quantitative estimate of drug-likeness (QED) is 0.606. The van der Waals surface area contributed by atoms with E-state index in [1.807, 2.05) is 36.4 Å². The topological polar surface area (TPSA) is 12.9 Å². The Morgan fingerprint density at radius 3 is 2.59 bits per heavy atom. The van der Waals surface area contributed by atoms with Crippen molar-refractivity contribution < 1.29 is 4.39 Å². The lowest BCUT2D eigenvalue weighted by atomic mass is 10.0. The number of rotatable bonds is 1. The zero-order chi connectivity index (χ0) is 11.7. The Kier molecular flexibility index (Phi) is 2.33. The van der Waals surface area contributed by atoms with Gasteiger partial charge in [0, 0.05) is 11.6 Å². The van der Waals surface area contributed by atoms with Gasteiger partial charge < -0.3 is 0 Å². The molecule has 0 aliphatic carbocycles. The molecule has 17 heavy (non-hydrogen) atoms. The number of benzene rings is 2. The smallest absolute Gasteiger partial charge is 0.123 e. The van der Waals surface area contributed by atoms with Gasteiger partial charge in [0.25, 0.3) is 0 Å². The summed E-state index contributed by atoms with van der Waals surface area (Å²) in [4.78, 5) is 4.26. The van der Waals surface area contributed by atoms with Crippen molar-refractivity contribution in [3.63, 3.8) is 0 Å². The van der Waals surface area contributed by atoms with Crippen molar-refractivity contribution >= 4 is 10.9 Å². The van der Waals surface area contributed by atoms with Crippen molar-refractivity contribution in [2.75, 3.05) is 0 Å². The Morgan fingerprint density at radius 2 is 1.71 bits per heavy atom. The van der Waals surface area contributed by atoms with E-state index in [0.29, 0.717) is 0 Å². The summed E-state index contributed by atoms with van der Waals surface area (Å²) in [6.45, 7) is 0. The van der Waals surface area contributed by atoms with Crippen LogP contribution in [0.2, 0.25) is 0 Å². The number of hydrogen-bond acceptors (Lipinski definition) is 1. The van der Waals surface area contributed by atoms with E-state index in [0.717, 1.165) is 22.0 Å². The van der Waals surface area contributed by atoms with E-state index in [1.54, 1.807) is 12.3 Å². The lowest BCUT2D eigenvalue weighted by Gasteiger charge is -2.03.